The van der Waals surface area contributed by atoms with E-state index in [1.807, 2.05) is 17.9 Å². The Balaban J connectivity index is 1.51. The molecule has 1 N–H and O–H groups in total. The minimum absolute atomic E-state index is 0.0119. The van der Waals surface area contributed by atoms with Crippen LogP contribution < -0.4 is 0 Å². The van der Waals surface area contributed by atoms with E-state index >= 15 is 0 Å². The van der Waals surface area contributed by atoms with Crippen molar-refractivity contribution in [1.82, 2.24) is 19.8 Å². The first-order chi connectivity index (χ1) is 17.9. The number of nitrogens with one attached hydrogen (secondary N) is 1. The lowest BCUT2D eigenvalue weighted by Crippen LogP contribution is -2.47. The van der Waals surface area contributed by atoms with E-state index in [0.717, 1.165) is 77.3 Å². The maximum Gasteiger partial charge on any atom is 0.219 e. The van der Waals surface area contributed by atoms with Gasteiger partial charge >= 0.3 is 0 Å². The highest BCUT2D eigenvalue weighted by molar-refractivity contribution is 6.02. The van der Waals surface area contributed by atoms with Gasteiger partial charge in [-0.3, -0.25) is 14.5 Å². The molecule has 0 unspecified atom stereocenters. The van der Waals surface area contributed by atoms with E-state index in [1.165, 1.54) is 11.6 Å². The summed E-state index contributed by atoms with van der Waals surface area (Å²) < 4.78 is 0. The highest BCUT2D eigenvalue weighted by atomic mass is 16.2. The topological polar surface area (TPSA) is 69.3 Å². The summed E-state index contributed by atoms with van der Waals surface area (Å²) in [4.78, 5) is 36.3. The number of H-pyrrole nitrogens is 1. The molecule has 1 fully saturated rings. The lowest BCUT2D eigenvalue weighted by Gasteiger charge is -2.34. The van der Waals surface area contributed by atoms with Gasteiger partial charge in [0.15, 0.2) is 5.78 Å². The number of benzene rings is 2. The van der Waals surface area contributed by atoms with Crippen molar-refractivity contribution in [3.63, 3.8) is 0 Å². The number of aromatic nitrogens is 2. The quantitative estimate of drug-likeness (QED) is 0.362. The van der Waals surface area contributed by atoms with E-state index in [-0.39, 0.29) is 11.7 Å². The maximum atomic E-state index is 12.1. The van der Waals surface area contributed by atoms with Crippen molar-refractivity contribution in [3.05, 3.63) is 90.1 Å². The van der Waals surface area contributed by atoms with Crippen molar-refractivity contribution < 1.29 is 9.59 Å². The van der Waals surface area contributed by atoms with Crippen molar-refractivity contribution in [2.24, 2.45) is 0 Å². The first kappa shape index (κ1) is 24.7. The standard InChI is InChI=1S/C31H32N4O2/c1-4-27(37)19-26-18-24(11-10-21(26)2)29-28-9-6-12-32-31(28)33-30(29)25-8-5-7-23(17-25)20-34-13-15-35(16-14-34)22(3)36/h4-12,17-18H,1,13-16,19-20H2,2-3H3,(H,32,33). The first-order valence-corrected chi connectivity index (χ1v) is 12.7. The molecule has 6 nitrogen and oxygen atoms in total. The SMILES string of the molecule is C=CC(=O)Cc1cc(-c2c(-c3cccc(CN4CCN(C(C)=O)CC4)c3)[nH]c3ncccc23)ccc1C. The summed E-state index contributed by atoms with van der Waals surface area (Å²) in [6.45, 7) is 11.4. The van der Waals surface area contributed by atoms with Crippen LogP contribution in [0.5, 0.6) is 0 Å². The van der Waals surface area contributed by atoms with Crippen LogP contribution in [0.4, 0.5) is 0 Å². The van der Waals surface area contributed by atoms with Crippen molar-refractivity contribution in [2.45, 2.75) is 26.8 Å². The summed E-state index contributed by atoms with van der Waals surface area (Å²) in [6, 6.07) is 19.0. The zero-order chi connectivity index (χ0) is 25.9. The van der Waals surface area contributed by atoms with Crippen LogP contribution in [-0.4, -0.2) is 57.6 Å². The fraction of sp³-hybridized carbons (Fsp3) is 0.258. The zero-order valence-corrected chi connectivity index (χ0v) is 21.5. The zero-order valence-electron chi connectivity index (χ0n) is 21.5. The summed E-state index contributed by atoms with van der Waals surface area (Å²) >= 11 is 0. The fourth-order valence-corrected chi connectivity index (χ4v) is 5.12. The number of carbonyl (C=O) groups is 2. The van der Waals surface area contributed by atoms with Crippen LogP contribution >= 0.6 is 0 Å². The second-order valence-corrected chi connectivity index (χ2v) is 9.75. The van der Waals surface area contributed by atoms with Gasteiger partial charge in [0, 0.05) is 63.2 Å². The van der Waals surface area contributed by atoms with Crippen LogP contribution in [0.25, 0.3) is 33.4 Å². The van der Waals surface area contributed by atoms with Crippen molar-refractivity contribution in [2.75, 3.05) is 26.2 Å². The molecular formula is C31H32N4O2. The number of pyridine rings is 1. The Kier molecular flexibility index (Phi) is 7.01. The number of carbonyl (C=O) groups excluding carboxylic acids is 2. The number of nitrogens with zero attached hydrogens (tertiary/aromatic N) is 3. The van der Waals surface area contributed by atoms with Gasteiger partial charge in [0.05, 0.1) is 5.69 Å². The second kappa shape index (κ2) is 10.5. The number of amides is 1. The Morgan fingerprint density at radius 1 is 1.03 bits per heavy atom. The number of hydrogen-bond donors (Lipinski definition) is 1. The third-order valence-corrected chi connectivity index (χ3v) is 7.24. The fourth-order valence-electron chi connectivity index (χ4n) is 5.12. The van der Waals surface area contributed by atoms with Gasteiger partial charge in [0.25, 0.3) is 0 Å². The van der Waals surface area contributed by atoms with E-state index in [9.17, 15) is 9.59 Å². The van der Waals surface area contributed by atoms with E-state index in [0.29, 0.717) is 6.42 Å². The van der Waals surface area contributed by atoms with Gasteiger partial charge in [0.2, 0.25) is 5.91 Å². The molecule has 0 spiro atoms. The Morgan fingerprint density at radius 3 is 2.59 bits per heavy atom. The minimum Gasteiger partial charge on any atom is -0.340 e. The number of fused-ring (bicyclic) bond motifs is 1. The minimum atomic E-state index is 0.0119. The Labute approximate surface area is 217 Å². The van der Waals surface area contributed by atoms with Crippen molar-refractivity contribution in [1.29, 1.82) is 0 Å². The van der Waals surface area contributed by atoms with Gasteiger partial charge in [0.1, 0.15) is 5.65 Å². The third-order valence-electron chi connectivity index (χ3n) is 7.24. The molecule has 2 aromatic heterocycles. The Bertz CT molecular complexity index is 1480. The van der Waals surface area contributed by atoms with Gasteiger partial charge in [-0.15, -0.1) is 0 Å². The molecular weight excluding hydrogens is 460 g/mol. The molecule has 0 radical (unpaired) electrons. The molecule has 4 aromatic rings. The van der Waals surface area contributed by atoms with Crippen LogP contribution in [0.1, 0.15) is 23.6 Å². The predicted octanol–water partition coefficient (Wildman–Crippen LogP) is 5.17. The normalized spacial score (nSPS) is 14.2. The van der Waals surface area contributed by atoms with Crippen LogP contribution in [-0.2, 0) is 22.6 Å². The second-order valence-electron chi connectivity index (χ2n) is 9.75. The molecule has 1 amide bonds. The molecule has 0 atom stereocenters. The van der Waals surface area contributed by atoms with Crippen LogP contribution in [0.2, 0.25) is 0 Å². The molecule has 37 heavy (non-hydrogen) atoms. The summed E-state index contributed by atoms with van der Waals surface area (Å²) in [5.41, 5.74) is 8.41. The van der Waals surface area contributed by atoms with E-state index in [4.69, 9.17) is 0 Å². The lowest BCUT2D eigenvalue weighted by molar-refractivity contribution is -0.130. The molecule has 5 rings (SSSR count). The van der Waals surface area contributed by atoms with Gasteiger partial charge in [-0.05, 0) is 59.0 Å². The summed E-state index contributed by atoms with van der Waals surface area (Å²) in [5.74, 6) is 0.160. The molecule has 0 bridgehead atoms. The average molecular weight is 493 g/mol. The average Bonchev–Trinajstić information content (AvgIpc) is 3.30. The van der Waals surface area contributed by atoms with Crippen LogP contribution in [0.15, 0.2) is 73.4 Å². The summed E-state index contributed by atoms with van der Waals surface area (Å²) in [7, 11) is 0. The summed E-state index contributed by atoms with van der Waals surface area (Å²) in [6.07, 6.45) is 3.52. The Hall–Kier alpha value is -4.03. The van der Waals surface area contributed by atoms with Gasteiger partial charge in [-0.25, -0.2) is 4.98 Å². The number of ketones is 1. The number of hydrogen-bond acceptors (Lipinski definition) is 4. The van der Waals surface area contributed by atoms with Gasteiger partial charge in [-0.2, -0.15) is 0 Å². The monoisotopic (exact) mass is 492 g/mol. The molecule has 188 valence electrons. The number of aryl methyl sites for hydroxylation is 1. The van der Waals surface area contributed by atoms with Gasteiger partial charge in [-0.1, -0.05) is 43.0 Å². The predicted molar refractivity (Wildman–Crippen MR) is 148 cm³/mol. The number of rotatable bonds is 7. The molecule has 1 saturated heterocycles. The number of piperazine rings is 1. The van der Waals surface area contributed by atoms with Crippen molar-refractivity contribution >= 4 is 22.7 Å². The molecule has 1 aliphatic rings. The third kappa shape index (κ3) is 5.25. The first-order valence-electron chi connectivity index (χ1n) is 12.7. The molecule has 3 heterocycles. The smallest absolute Gasteiger partial charge is 0.219 e. The number of allylic oxidation sites excluding steroid dienone is 1. The molecule has 0 aliphatic carbocycles. The summed E-state index contributed by atoms with van der Waals surface area (Å²) in [5, 5.41) is 1.05. The van der Waals surface area contributed by atoms with E-state index < -0.39 is 0 Å². The van der Waals surface area contributed by atoms with E-state index in [2.05, 4.69) is 70.0 Å². The maximum absolute atomic E-state index is 12.1. The largest absolute Gasteiger partial charge is 0.340 e. The van der Waals surface area contributed by atoms with Crippen LogP contribution in [0.3, 0.4) is 0 Å². The van der Waals surface area contributed by atoms with Crippen LogP contribution in [0, 0.1) is 6.92 Å². The Morgan fingerprint density at radius 2 is 1.84 bits per heavy atom. The van der Waals surface area contributed by atoms with Gasteiger partial charge < -0.3 is 9.88 Å². The molecule has 1 aliphatic heterocycles. The number of aromatic amines is 1. The lowest BCUT2D eigenvalue weighted by atomic mass is 9.93. The highest BCUT2D eigenvalue weighted by Gasteiger charge is 2.20. The molecule has 6 heteroatoms. The van der Waals surface area contributed by atoms with E-state index in [1.54, 1.807) is 13.1 Å². The highest BCUT2D eigenvalue weighted by Crippen LogP contribution is 2.38. The van der Waals surface area contributed by atoms with Crippen molar-refractivity contribution in [3.8, 4) is 22.4 Å². The molecule has 0 saturated carbocycles. The molecule has 2 aromatic carbocycles.